The van der Waals surface area contributed by atoms with E-state index in [9.17, 15) is 4.79 Å². The van der Waals surface area contributed by atoms with Gasteiger partial charge >= 0.3 is 0 Å². The van der Waals surface area contributed by atoms with Gasteiger partial charge in [-0.1, -0.05) is 73.6 Å². The lowest BCUT2D eigenvalue weighted by Crippen LogP contribution is -2.30. The second-order valence-electron chi connectivity index (χ2n) is 6.22. The monoisotopic (exact) mass is 393 g/mol. The van der Waals surface area contributed by atoms with E-state index < -0.39 is 0 Å². The highest BCUT2D eigenvalue weighted by Gasteiger charge is 2.20. The van der Waals surface area contributed by atoms with Gasteiger partial charge in [0.2, 0.25) is 0 Å². The topological polar surface area (TPSA) is 53.8 Å². The molecule has 1 N–H and O–H groups in total. The lowest BCUT2D eigenvalue weighted by Gasteiger charge is -2.13. The molecule has 136 valence electrons. The Bertz CT molecular complexity index is 1040. The molecule has 1 amide bonds. The van der Waals surface area contributed by atoms with Crippen molar-refractivity contribution < 1.29 is 4.79 Å². The number of carbonyl (C=O) groups excluding carboxylic acids is 1. The summed E-state index contributed by atoms with van der Waals surface area (Å²) in [7, 11) is 0. The van der Waals surface area contributed by atoms with E-state index in [1.807, 2.05) is 42.5 Å². The summed E-state index contributed by atoms with van der Waals surface area (Å²) in [6.07, 6.45) is 1.89. The summed E-state index contributed by atoms with van der Waals surface area (Å²) in [6, 6.07) is 18.2. The summed E-state index contributed by atoms with van der Waals surface area (Å²) in [6.45, 7) is 2.13. The lowest BCUT2D eigenvalue weighted by molar-refractivity contribution is 0.0981. The molecule has 27 heavy (non-hydrogen) atoms. The predicted molar refractivity (Wildman–Crippen MR) is 116 cm³/mol. The second-order valence-corrected chi connectivity index (χ2v) is 8.23. The van der Waals surface area contributed by atoms with E-state index in [2.05, 4.69) is 34.6 Å². The third-order valence-corrected chi connectivity index (χ3v) is 6.43. The summed E-state index contributed by atoms with van der Waals surface area (Å²) >= 11 is 3.05. The summed E-state index contributed by atoms with van der Waals surface area (Å²) in [4.78, 5) is 13.7. The molecule has 0 saturated heterocycles. The van der Waals surface area contributed by atoms with E-state index in [0.717, 1.165) is 39.3 Å². The fourth-order valence-corrected chi connectivity index (χ4v) is 4.98. The highest BCUT2D eigenvalue weighted by atomic mass is 32.2. The summed E-state index contributed by atoms with van der Waals surface area (Å²) in [5, 5.41) is 13.2. The molecule has 1 aromatic heterocycles. The molecule has 3 aromatic rings. The smallest absolute Gasteiger partial charge is 0.267 e. The quantitative estimate of drug-likeness (QED) is 0.671. The Morgan fingerprint density at radius 2 is 1.85 bits per heavy atom. The molecule has 0 bridgehead atoms. The van der Waals surface area contributed by atoms with Crippen molar-refractivity contribution >= 4 is 50.0 Å². The zero-order chi connectivity index (χ0) is 18.6. The first-order valence-corrected chi connectivity index (χ1v) is 10.7. The number of amidine groups is 1. The zero-order valence-corrected chi connectivity index (χ0v) is 16.6. The maximum absolute atomic E-state index is 12.9. The van der Waals surface area contributed by atoms with Crippen molar-refractivity contribution in [2.45, 2.75) is 19.8 Å². The van der Waals surface area contributed by atoms with E-state index >= 15 is 0 Å². The van der Waals surface area contributed by atoms with Crippen LogP contribution in [0.1, 0.15) is 34.1 Å². The molecule has 0 unspecified atom stereocenters. The number of rotatable bonds is 4. The number of nitrogens with zero attached hydrogens (tertiary/aromatic N) is 2. The number of aryl methyl sites for hydroxylation is 1. The van der Waals surface area contributed by atoms with Crippen molar-refractivity contribution in [3.05, 3.63) is 70.6 Å². The lowest BCUT2D eigenvalue weighted by atomic mass is 10.1. The molecule has 0 fully saturated rings. The van der Waals surface area contributed by atoms with Gasteiger partial charge in [-0.15, -0.1) is 16.4 Å². The van der Waals surface area contributed by atoms with Crippen LogP contribution in [0.3, 0.4) is 0 Å². The van der Waals surface area contributed by atoms with E-state index in [1.165, 1.54) is 17.1 Å². The number of nitrogens with one attached hydrogen (secondary N) is 1. The molecule has 6 heteroatoms. The van der Waals surface area contributed by atoms with Crippen LogP contribution in [-0.2, 0) is 6.42 Å². The van der Waals surface area contributed by atoms with Crippen LogP contribution in [0.5, 0.6) is 0 Å². The van der Waals surface area contributed by atoms with Crippen molar-refractivity contribution in [1.29, 1.82) is 0 Å². The minimum absolute atomic E-state index is 0.0933. The van der Waals surface area contributed by atoms with Gasteiger partial charge in [0, 0.05) is 10.5 Å². The van der Waals surface area contributed by atoms with Gasteiger partial charge in [-0.25, -0.2) is 0 Å². The van der Waals surface area contributed by atoms with Gasteiger partial charge < -0.3 is 0 Å². The Morgan fingerprint density at radius 1 is 1.07 bits per heavy atom. The van der Waals surface area contributed by atoms with Gasteiger partial charge in [0.05, 0.1) is 10.6 Å². The Balaban J connectivity index is 1.56. The van der Waals surface area contributed by atoms with Crippen LogP contribution >= 0.6 is 23.1 Å². The molecule has 4 rings (SSSR count). The average molecular weight is 394 g/mol. The number of hydrogen-bond acceptors (Lipinski definition) is 5. The van der Waals surface area contributed by atoms with Crippen LogP contribution in [0.15, 0.2) is 64.8 Å². The molecule has 1 aliphatic rings. The summed E-state index contributed by atoms with van der Waals surface area (Å²) in [5.74, 6) is 0.599. The van der Waals surface area contributed by atoms with Crippen LogP contribution in [-0.4, -0.2) is 22.5 Å². The van der Waals surface area contributed by atoms with E-state index in [-0.39, 0.29) is 5.91 Å². The largest absolute Gasteiger partial charge is 0.299 e. The number of thiophene rings is 1. The molecule has 4 nitrogen and oxygen atoms in total. The summed E-state index contributed by atoms with van der Waals surface area (Å²) < 4.78 is 1.15. The fraction of sp³-hybridized carbons (Fsp3) is 0.190. The van der Waals surface area contributed by atoms with Gasteiger partial charge in [-0.2, -0.15) is 5.10 Å². The first kappa shape index (κ1) is 17.9. The second kappa shape index (κ2) is 8.06. The number of benzene rings is 2. The van der Waals surface area contributed by atoms with Gasteiger partial charge in [0.1, 0.15) is 0 Å². The molecule has 0 radical (unpaired) electrons. The standard InChI is InChI=1S/C21H19N3OS2/c1-2-8-16-15-11-6-7-12-18(15)27-19(16)20(25)22-21-24-23-17(13-26-21)14-9-4-3-5-10-14/h3-7,9-12H,2,8,13H2,1H3,(H,22,24,25). The average Bonchev–Trinajstić information content (AvgIpc) is 3.08. The minimum atomic E-state index is -0.0933. The number of fused-ring (bicyclic) bond motifs is 1. The first-order valence-electron chi connectivity index (χ1n) is 8.90. The molecule has 0 aliphatic carbocycles. The summed E-state index contributed by atoms with van der Waals surface area (Å²) in [5.41, 5.74) is 3.12. The SMILES string of the molecule is CCCc1c(C(=O)NC2=NN=C(c3ccccc3)CS2)sc2ccccc12. The van der Waals surface area contributed by atoms with Gasteiger partial charge in [-0.3, -0.25) is 10.1 Å². The highest BCUT2D eigenvalue weighted by molar-refractivity contribution is 8.14. The van der Waals surface area contributed by atoms with Gasteiger partial charge in [0.25, 0.3) is 5.91 Å². The number of hydrogen-bond donors (Lipinski definition) is 1. The molecule has 0 spiro atoms. The zero-order valence-electron chi connectivity index (χ0n) is 14.9. The maximum Gasteiger partial charge on any atom is 0.267 e. The molecule has 0 saturated carbocycles. The van der Waals surface area contributed by atoms with Crippen LogP contribution in [0.2, 0.25) is 0 Å². The molecule has 1 aliphatic heterocycles. The van der Waals surface area contributed by atoms with Crippen molar-refractivity contribution in [3.8, 4) is 0 Å². The first-order chi connectivity index (χ1) is 13.3. The Morgan fingerprint density at radius 3 is 2.59 bits per heavy atom. The van der Waals surface area contributed by atoms with E-state index in [1.54, 1.807) is 11.3 Å². The van der Waals surface area contributed by atoms with E-state index in [4.69, 9.17) is 0 Å². The molecular weight excluding hydrogens is 374 g/mol. The van der Waals surface area contributed by atoms with Crippen molar-refractivity contribution in [2.24, 2.45) is 10.2 Å². The molecular formula is C21H19N3OS2. The third kappa shape index (κ3) is 3.82. The van der Waals surface area contributed by atoms with E-state index in [0.29, 0.717) is 10.9 Å². The van der Waals surface area contributed by atoms with Crippen molar-refractivity contribution in [3.63, 3.8) is 0 Å². The molecule has 2 aromatic carbocycles. The number of carbonyl (C=O) groups is 1. The Labute approximate surface area is 166 Å². The molecule has 2 heterocycles. The minimum Gasteiger partial charge on any atom is -0.299 e. The van der Waals surface area contributed by atoms with Gasteiger partial charge in [0.15, 0.2) is 5.17 Å². The van der Waals surface area contributed by atoms with Crippen LogP contribution in [0, 0.1) is 0 Å². The van der Waals surface area contributed by atoms with Gasteiger partial charge in [-0.05, 0) is 29.0 Å². The predicted octanol–water partition coefficient (Wildman–Crippen LogP) is 5.09. The number of thioether (sulfide) groups is 1. The molecule has 0 atom stereocenters. The maximum atomic E-state index is 12.9. The Kier molecular flexibility index (Phi) is 5.36. The van der Waals surface area contributed by atoms with Crippen LogP contribution < -0.4 is 5.32 Å². The van der Waals surface area contributed by atoms with Crippen LogP contribution in [0.4, 0.5) is 0 Å². The van der Waals surface area contributed by atoms with Crippen LogP contribution in [0.25, 0.3) is 10.1 Å². The Hall–Kier alpha value is -2.44. The number of amides is 1. The highest BCUT2D eigenvalue weighted by Crippen LogP contribution is 2.32. The van der Waals surface area contributed by atoms with Crippen molar-refractivity contribution in [1.82, 2.24) is 5.32 Å². The third-order valence-electron chi connectivity index (χ3n) is 4.34. The normalized spacial score (nSPS) is 14.0. The fourth-order valence-electron chi connectivity index (χ4n) is 3.07. The van der Waals surface area contributed by atoms with Crippen molar-refractivity contribution in [2.75, 3.05) is 5.75 Å².